The zero-order valence-corrected chi connectivity index (χ0v) is 4.66. The van der Waals surface area contributed by atoms with Crippen molar-refractivity contribution in [2.75, 3.05) is 0 Å². The topological polar surface area (TPSA) is 20.2 Å². The van der Waals surface area contributed by atoms with Crippen molar-refractivity contribution in [2.24, 2.45) is 0 Å². The molecule has 0 aromatic rings. The van der Waals surface area contributed by atoms with Gasteiger partial charge in [0.1, 0.15) is 5.44 Å². The quantitative estimate of drug-likeness (QED) is 0.561. The van der Waals surface area contributed by atoms with E-state index in [1.165, 1.54) is 0 Å². The molecule has 6 heavy (non-hydrogen) atoms. The van der Waals surface area contributed by atoms with Crippen LogP contribution in [-0.2, 0) is 0 Å². The second-order valence-electron chi connectivity index (χ2n) is 1.24. The highest BCUT2D eigenvalue weighted by atomic mass is 32.1. The van der Waals surface area contributed by atoms with Gasteiger partial charge in [-0.25, -0.2) is 0 Å². The van der Waals surface area contributed by atoms with Crippen molar-refractivity contribution in [3.05, 3.63) is 0 Å². The van der Waals surface area contributed by atoms with Crippen molar-refractivity contribution >= 4 is 12.6 Å². The van der Waals surface area contributed by atoms with E-state index in [0.29, 0.717) is 0 Å². The van der Waals surface area contributed by atoms with Crippen LogP contribution in [0.3, 0.4) is 0 Å². The van der Waals surface area contributed by atoms with Crippen molar-refractivity contribution in [3.8, 4) is 0 Å². The molecule has 1 radical (unpaired) electrons. The first-order chi connectivity index (χ1) is 2.77. The second-order valence-corrected chi connectivity index (χ2v) is 1.79. The van der Waals surface area contributed by atoms with E-state index in [0.717, 1.165) is 12.8 Å². The lowest BCUT2D eigenvalue weighted by Gasteiger charge is -1.93. The van der Waals surface area contributed by atoms with Crippen LogP contribution in [0.4, 0.5) is 0 Å². The molecule has 1 atom stereocenters. The summed E-state index contributed by atoms with van der Waals surface area (Å²) in [5.41, 5.74) is -0.519. The van der Waals surface area contributed by atoms with Crippen LogP contribution in [0.1, 0.15) is 19.8 Å². The predicted molar refractivity (Wildman–Crippen MR) is 28.5 cm³/mol. The molecule has 0 aromatic carbocycles. The van der Waals surface area contributed by atoms with Crippen LogP contribution in [0.15, 0.2) is 0 Å². The Balaban J connectivity index is 2.63. The van der Waals surface area contributed by atoms with Crippen molar-refractivity contribution in [2.45, 2.75) is 25.2 Å². The lowest BCUT2D eigenvalue weighted by atomic mass is 10.4. The highest BCUT2D eigenvalue weighted by molar-refractivity contribution is 7.80. The Morgan fingerprint density at radius 1 is 1.83 bits per heavy atom. The molecular weight excluding hydrogens is 96.1 g/mol. The van der Waals surface area contributed by atoms with Crippen LogP contribution < -0.4 is 0 Å². The molecule has 0 saturated carbocycles. The summed E-state index contributed by atoms with van der Waals surface area (Å²) in [7, 11) is 0. The van der Waals surface area contributed by atoms with Gasteiger partial charge in [0, 0.05) is 0 Å². The van der Waals surface area contributed by atoms with E-state index < -0.39 is 5.44 Å². The van der Waals surface area contributed by atoms with Crippen molar-refractivity contribution in [1.29, 1.82) is 0 Å². The fraction of sp³-hybridized carbons (Fsp3) is 1.00. The molecule has 37 valence electrons. The smallest absolute Gasteiger partial charge is 0.109 e. The lowest BCUT2D eigenvalue weighted by molar-refractivity contribution is 0.254. The SMILES string of the molecule is CCCC(O)[S]. The molecule has 0 rings (SSSR count). The van der Waals surface area contributed by atoms with Crippen LogP contribution in [-0.4, -0.2) is 10.5 Å². The van der Waals surface area contributed by atoms with Crippen LogP contribution in [0.2, 0.25) is 0 Å². The Kier molecular flexibility index (Phi) is 3.68. The highest BCUT2D eigenvalue weighted by Gasteiger charge is 1.89. The Bertz CT molecular complexity index is 28.7. The third-order valence-electron chi connectivity index (χ3n) is 0.536. The number of hydrogen-bond acceptors (Lipinski definition) is 1. The summed E-state index contributed by atoms with van der Waals surface area (Å²) in [6.07, 6.45) is 1.72. The zero-order valence-electron chi connectivity index (χ0n) is 3.85. The van der Waals surface area contributed by atoms with Gasteiger partial charge < -0.3 is 5.11 Å². The minimum atomic E-state index is -0.519. The largest absolute Gasteiger partial charge is 0.382 e. The number of aliphatic hydroxyl groups is 1. The monoisotopic (exact) mass is 105 g/mol. The van der Waals surface area contributed by atoms with Gasteiger partial charge in [0.15, 0.2) is 0 Å². The Labute approximate surface area is 43.8 Å². The van der Waals surface area contributed by atoms with E-state index in [1.54, 1.807) is 0 Å². The molecule has 2 heteroatoms. The molecular formula is C4H9OS. The molecule has 0 aliphatic heterocycles. The fourth-order valence-corrected chi connectivity index (χ4v) is 0.483. The third-order valence-corrected chi connectivity index (χ3v) is 0.771. The van der Waals surface area contributed by atoms with Crippen molar-refractivity contribution in [3.63, 3.8) is 0 Å². The van der Waals surface area contributed by atoms with Gasteiger partial charge in [0.2, 0.25) is 0 Å². The molecule has 1 N–H and O–H groups in total. The van der Waals surface area contributed by atoms with E-state index in [2.05, 4.69) is 12.6 Å². The van der Waals surface area contributed by atoms with Gasteiger partial charge in [-0.1, -0.05) is 26.0 Å². The summed E-state index contributed by atoms with van der Waals surface area (Å²) in [6.45, 7) is 2.00. The summed E-state index contributed by atoms with van der Waals surface area (Å²) in [5, 5.41) is 8.37. The maximum absolute atomic E-state index is 8.37. The Hall–Kier alpha value is 0.310. The summed E-state index contributed by atoms with van der Waals surface area (Å²) in [6, 6.07) is 0. The Morgan fingerprint density at radius 2 is 2.33 bits per heavy atom. The average Bonchev–Trinajstić information content (AvgIpc) is 1.35. The fourth-order valence-electron chi connectivity index (χ4n) is 0.247. The van der Waals surface area contributed by atoms with Gasteiger partial charge in [-0.2, -0.15) is 0 Å². The summed E-state index contributed by atoms with van der Waals surface area (Å²) >= 11 is 4.43. The van der Waals surface area contributed by atoms with Gasteiger partial charge in [0.25, 0.3) is 0 Å². The molecule has 1 unspecified atom stereocenters. The van der Waals surface area contributed by atoms with Crippen LogP contribution in [0.25, 0.3) is 0 Å². The molecule has 1 nitrogen and oxygen atoms in total. The lowest BCUT2D eigenvalue weighted by Crippen LogP contribution is -1.91. The first-order valence-electron chi connectivity index (χ1n) is 2.11. The molecule has 0 saturated heterocycles. The molecule has 0 bridgehead atoms. The van der Waals surface area contributed by atoms with E-state index in [-0.39, 0.29) is 0 Å². The molecule has 0 amide bonds. The van der Waals surface area contributed by atoms with E-state index in [1.807, 2.05) is 6.92 Å². The first kappa shape index (κ1) is 6.31. The van der Waals surface area contributed by atoms with Gasteiger partial charge in [-0.3, -0.25) is 0 Å². The maximum Gasteiger partial charge on any atom is 0.109 e. The van der Waals surface area contributed by atoms with Crippen molar-refractivity contribution < 1.29 is 5.11 Å². The van der Waals surface area contributed by atoms with E-state index >= 15 is 0 Å². The second kappa shape index (κ2) is 3.50. The molecule has 0 spiro atoms. The van der Waals surface area contributed by atoms with Crippen molar-refractivity contribution in [1.82, 2.24) is 0 Å². The van der Waals surface area contributed by atoms with Gasteiger partial charge in [-0.15, -0.1) is 0 Å². The van der Waals surface area contributed by atoms with Gasteiger partial charge in [0.05, 0.1) is 0 Å². The molecule has 0 heterocycles. The highest BCUT2D eigenvalue weighted by Crippen LogP contribution is 1.97. The number of hydrogen-bond donors (Lipinski definition) is 1. The first-order valence-corrected chi connectivity index (χ1v) is 2.58. The number of aliphatic hydroxyl groups excluding tert-OH is 1. The van der Waals surface area contributed by atoms with E-state index in [9.17, 15) is 0 Å². The standard InChI is InChI=1S/C4H9OS/c1-2-3-4(5)6/h4-5H,2-3H2,1H3. The van der Waals surface area contributed by atoms with Gasteiger partial charge >= 0.3 is 0 Å². The number of rotatable bonds is 2. The maximum atomic E-state index is 8.37. The van der Waals surface area contributed by atoms with E-state index in [4.69, 9.17) is 5.11 Å². The summed E-state index contributed by atoms with van der Waals surface area (Å²) < 4.78 is 0. The minimum absolute atomic E-state index is 0.519. The Morgan fingerprint density at radius 3 is 2.33 bits per heavy atom. The molecule has 0 fully saturated rings. The normalized spacial score (nSPS) is 14.5. The molecule has 0 aromatic heterocycles. The zero-order chi connectivity index (χ0) is 4.99. The molecule has 0 aliphatic carbocycles. The van der Waals surface area contributed by atoms with Crippen LogP contribution >= 0.6 is 12.6 Å². The molecule has 0 aliphatic rings. The minimum Gasteiger partial charge on any atom is -0.382 e. The van der Waals surface area contributed by atoms with Gasteiger partial charge in [-0.05, 0) is 6.42 Å². The summed E-state index contributed by atoms with van der Waals surface area (Å²) in [5.74, 6) is 0. The van der Waals surface area contributed by atoms with Crippen LogP contribution in [0.5, 0.6) is 0 Å². The average molecular weight is 105 g/mol. The predicted octanol–water partition coefficient (Wildman–Crippen LogP) is 1.30. The van der Waals surface area contributed by atoms with Crippen LogP contribution in [0, 0.1) is 0 Å². The summed E-state index contributed by atoms with van der Waals surface area (Å²) in [4.78, 5) is 0. The third kappa shape index (κ3) is 4.31.